The van der Waals surface area contributed by atoms with Gasteiger partial charge in [-0.15, -0.1) is 10.2 Å². The van der Waals surface area contributed by atoms with Gasteiger partial charge in [0.25, 0.3) is 0 Å². The first-order valence-electron chi connectivity index (χ1n) is 8.50. The van der Waals surface area contributed by atoms with Gasteiger partial charge in [-0.2, -0.15) is 0 Å². The number of benzene rings is 1. The number of nitrogens with zero attached hydrogens (tertiary/aromatic N) is 3. The minimum atomic E-state index is -0.197. The fourth-order valence-corrected chi connectivity index (χ4v) is 4.01. The van der Waals surface area contributed by atoms with E-state index in [1.165, 1.54) is 30.2 Å². The molecule has 1 heterocycles. The average Bonchev–Trinajstić information content (AvgIpc) is 3.17. The molecule has 1 N–H and O–H groups in total. The zero-order chi connectivity index (χ0) is 17.1. The molecule has 1 aliphatic rings. The molecule has 24 heavy (non-hydrogen) atoms. The monoisotopic (exact) mass is 344 g/mol. The van der Waals surface area contributed by atoms with Crippen LogP contribution in [-0.2, 0) is 4.79 Å². The van der Waals surface area contributed by atoms with Gasteiger partial charge in [-0.3, -0.25) is 9.36 Å². The zero-order valence-corrected chi connectivity index (χ0v) is 15.3. The van der Waals surface area contributed by atoms with Crippen LogP contribution in [0.25, 0.3) is 5.69 Å². The first kappa shape index (κ1) is 17.0. The summed E-state index contributed by atoms with van der Waals surface area (Å²) in [5.74, 6) is 0.912. The van der Waals surface area contributed by atoms with Crippen molar-refractivity contribution in [3.63, 3.8) is 0 Å². The topological polar surface area (TPSA) is 59.8 Å². The molecule has 1 saturated carbocycles. The van der Waals surface area contributed by atoms with Crippen LogP contribution in [-0.4, -0.2) is 32.0 Å². The normalized spacial score (nSPS) is 16.3. The maximum Gasteiger partial charge on any atom is 0.233 e. The molecule has 1 aliphatic carbocycles. The van der Waals surface area contributed by atoms with E-state index >= 15 is 0 Å². The third-order valence-electron chi connectivity index (χ3n) is 4.41. The number of hydrogen-bond acceptors (Lipinski definition) is 4. The van der Waals surface area contributed by atoms with Gasteiger partial charge in [0.1, 0.15) is 5.82 Å². The van der Waals surface area contributed by atoms with Crippen LogP contribution in [0.1, 0.15) is 44.0 Å². The lowest BCUT2D eigenvalue weighted by Crippen LogP contribution is -2.37. The lowest BCUT2D eigenvalue weighted by molar-refractivity contribution is -0.120. The van der Waals surface area contributed by atoms with E-state index in [0.29, 0.717) is 6.04 Å². The SMILES string of the molecule is Cc1cccc(-n2c(C)nnc2SC(C)C(=O)NC2CCCC2)c1. The number of aromatic nitrogens is 3. The highest BCUT2D eigenvalue weighted by Crippen LogP contribution is 2.26. The minimum Gasteiger partial charge on any atom is -0.352 e. The standard InChI is InChI=1S/C18H24N4OS/c1-12-7-6-10-16(11-12)22-14(3)20-21-18(22)24-13(2)17(23)19-15-8-4-5-9-15/h6-7,10-11,13,15H,4-5,8-9H2,1-3H3,(H,19,23). The van der Waals surface area contributed by atoms with Gasteiger partial charge in [0.15, 0.2) is 5.16 Å². The maximum atomic E-state index is 12.4. The average molecular weight is 344 g/mol. The fraction of sp³-hybridized carbons (Fsp3) is 0.500. The van der Waals surface area contributed by atoms with Crippen molar-refractivity contribution in [2.75, 3.05) is 0 Å². The molecule has 1 unspecified atom stereocenters. The summed E-state index contributed by atoms with van der Waals surface area (Å²) < 4.78 is 2.01. The Morgan fingerprint density at radius 2 is 2.04 bits per heavy atom. The minimum absolute atomic E-state index is 0.0864. The highest BCUT2D eigenvalue weighted by molar-refractivity contribution is 8.00. The van der Waals surface area contributed by atoms with Crippen molar-refractivity contribution in [2.45, 2.75) is 62.9 Å². The Kier molecular flexibility index (Phi) is 5.23. The molecule has 1 amide bonds. The molecule has 5 nitrogen and oxygen atoms in total. The molecule has 1 aromatic heterocycles. The molecule has 0 bridgehead atoms. The van der Waals surface area contributed by atoms with E-state index in [1.54, 1.807) is 0 Å². The summed E-state index contributed by atoms with van der Waals surface area (Å²) in [6.07, 6.45) is 4.63. The van der Waals surface area contributed by atoms with Crippen LogP contribution in [0, 0.1) is 13.8 Å². The first-order valence-corrected chi connectivity index (χ1v) is 9.38. The van der Waals surface area contributed by atoms with Crippen molar-refractivity contribution in [2.24, 2.45) is 0 Å². The predicted molar refractivity (Wildman–Crippen MR) is 96.6 cm³/mol. The Balaban J connectivity index is 1.74. The number of aryl methyl sites for hydroxylation is 2. The van der Waals surface area contributed by atoms with Crippen molar-refractivity contribution < 1.29 is 4.79 Å². The third kappa shape index (κ3) is 3.80. The van der Waals surface area contributed by atoms with Crippen molar-refractivity contribution in [3.05, 3.63) is 35.7 Å². The highest BCUT2D eigenvalue weighted by Gasteiger charge is 2.23. The van der Waals surface area contributed by atoms with Crippen LogP contribution >= 0.6 is 11.8 Å². The lowest BCUT2D eigenvalue weighted by atomic mass is 10.2. The third-order valence-corrected chi connectivity index (χ3v) is 5.45. The molecule has 128 valence electrons. The predicted octanol–water partition coefficient (Wildman–Crippen LogP) is 3.42. The fourth-order valence-electron chi connectivity index (χ4n) is 3.08. The van der Waals surface area contributed by atoms with Crippen LogP contribution in [0.4, 0.5) is 0 Å². The number of nitrogens with one attached hydrogen (secondary N) is 1. The summed E-state index contributed by atoms with van der Waals surface area (Å²) in [5.41, 5.74) is 2.21. The summed E-state index contributed by atoms with van der Waals surface area (Å²) in [7, 11) is 0. The second kappa shape index (κ2) is 7.38. The van der Waals surface area contributed by atoms with Crippen LogP contribution in [0.3, 0.4) is 0 Å². The van der Waals surface area contributed by atoms with Crippen molar-refractivity contribution in [3.8, 4) is 5.69 Å². The molecule has 0 saturated heterocycles. The number of amides is 1. The van der Waals surface area contributed by atoms with Gasteiger partial charge in [-0.05, 0) is 51.3 Å². The van der Waals surface area contributed by atoms with Gasteiger partial charge >= 0.3 is 0 Å². The molecule has 3 rings (SSSR count). The van der Waals surface area contributed by atoms with Gasteiger partial charge in [0.05, 0.1) is 5.25 Å². The quantitative estimate of drug-likeness (QED) is 0.844. The maximum absolute atomic E-state index is 12.4. The second-order valence-corrected chi connectivity index (χ2v) is 7.76. The molecule has 2 aromatic rings. The van der Waals surface area contributed by atoms with Gasteiger partial charge in [0, 0.05) is 11.7 Å². The Morgan fingerprint density at radius 3 is 2.75 bits per heavy atom. The van der Waals surface area contributed by atoms with Gasteiger partial charge < -0.3 is 5.32 Å². The Hall–Kier alpha value is -1.82. The molecule has 0 aliphatic heterocycles. The molecule has 1 atom stereocenters. The van der Waals surface area contributed by atoms with E-state index < -0.39 is 0 Å². The number of hydrogen-bond donors (Lipinski definition) is 1. The van der Waals surface area contributed by atoms with Crippen LogP contribution in [0.2, 0.25) is 0 Å². The van der Waals surface area contributed by atoms with Crippen molar-refractivity contribution in [1.29, 1.82) is 0 Å². The van der Waals surface area contributed by atoms with Crippen molar-refractivity contribution in [1.82, 2.24) is 20.1 Å². The molecule has 1 fully saturated rings. The molecule has 1 aromatic carbocycles. The highest BCUT2D eigenvalue weighted by atomic mass is 32.2. The Bertz CT molecular complexity index is 722. The molecule has 0 spiro atoms. The van der Waals surface area contributed by atoms with Crippen molar-refractivity contribution >= 4 is 17.7 Å². The molecule has 0 radical (unpaired) electrons. The number of rotatable bonds is 5. The first-order chi connectivity index (χ1) is 11.5. The van der Waals surface area contributed by atoms with E-state index in [4.69, 9.17) is 0 Å². The Morgan fingerprint density at radius 1 is 1.29 bits per heavy atom. The van der Waals surface area contributed by atoms with Crippen LogP contribution in [0.15, 0.2) is 29.4 Å². The Labute approximate surface area is 147 Å². The van der Waals surface area contributed by atoms with Gasteiger partial charge in [-0.1, -0.05) is 36.7 Å². The molecular formula is C18H24N4OS. The summed E-state index contributed by atoms with van der Waals surface area (Å²) in [5, 5.41) is 12.2. The smallest absolute Gasteiger partial charge is 0.233 e. The second-order valence-electron chi connectivity index (χ2n) is 6.45. The summed E-state index contributed by atoms with van der Waals surface area (Å²) in [4.78, 5) is 12.4. The van der Waals surface area contributed by atoms with Gasteiger partial charge in [0.2, 0.25) is 5.91 Å². The largest absolute Gasteiger partial charge is 0.352 e. The van der Waals surface area contributed by atoms with Crippen LogP contribution in [0.5, 0.6) is 0 Å². The zero-order valence-electron chi connectivity index (χ0n) is 14.5. The van der Waals surface area contributed by atoms with E-state index in [2.05, 4.69) is 34.6 Å². The molecular weight excluding hydrogens is 320 g/mol. The lowest BCUT2D eigenvalue weighted by Gasteiger charge is -2.16. The number of carbonyl (C=O) groups excluding carboxylic acids is 1. The summed E-state index contributed by atoms with van der Waals surface area (Å²) >= 11 is 1.46. The number of carbonyl (C=O) groups is 1. The summed E-state index contributed by atoms with van der Waals surface area (Å²) in [6.45, 7) is 5.93. The number of thioether (sulfide) groups is 1. The molecule has 6 heteroatoms. The van der Waals surface area contributed by atoms with E-state index in [-0.39, 0.29) is 11.2 Å². The van der Waals surface area contributed by atoms with E-state index in [1.807, 2.05) is 30.5 Å². The van der Waals surface area contributed by atoms with Crippen LogP contribution < -0.4 is 5.32 Å². The summed E-state index contributed by atoms with van der Waals surface area (Å²) in [6, 6.07) is 8.57. The van der Waals surface area contributed by atoms with E-state index in [9.17, 15) is 4.79 Å². The van der Waals surface area contributed by atoms with E-state index in [0.717, 1.165) is 29.5 Å². The van der Waals surface area contributed by atoms with Gasteiger partial charge in [-0.25, -0.2) is 0 Å².